The second-order valence-electron chi connectivity index (χ2n) is 9.61. The van der Waals surface area contributed by atoms with Gasteiger partial charge in [0.05, 0.1) is 12.7 Å². The molecule has 3 atom stereocenters. The van der Waals surface area contributed by atoms with Crippen molar-refractivity contribution in [2.24, 2.45) is 11.8 Å². The number of rotatable bonds is 4. The number of nitrogens with one attached hydrogen (secondary N) is 1. The van der Waals surface area contributed by atoms with Crippen LogP contribution in [-0.4, -0.2) is 30.9 Å². The van der Waals surface area contributed by atoms with Crippen LogP contribution in [0.4, 0.5) is 4.39 Å². The van der Waals surface area contributed by atoms with E-state index < -0.39 is 35.4 Å². The molecule has 1 fully saturated rings. The first-order valence-electron chi connectivity index (χ1n) is 12.1. The summed E-state index contributed by atoms with van der Waals surface area (Å²) in [6.45, 7) is 3.61. The van der Waals surface area contributed by atoms with E-state index in [1.165, 1.54) is 19.2 Å². The molecule has 0 bridgehead atoms. The van der Waals surface area contributed by atoms with Crippen LogP contribution in [0.15, 0.2) is 46.8 Å². The molecule has 1 aliphatic heterocycles. The third-order valence-electron chi connectivity index (χ3n) is 7.22. The van der Waals surface area contributed by atoms with Crippen LogP contribution in [0.3, 0.4) is 0 Å². The Hall–Kier alpha value is -2.96. The van der Waals surface area contributed by atoms with Gasteiger partial charge in [-0.1, -0.05) is 31.9 Å². The molecule has 0 aromatic heterocycles. The van der Waals surface area contributed by atoms with Gasteiger partial charge in [-0.2, -0.15) is 0 Å². The summed E-state index contributed by atoms with van der Waals surface area (Å²) in [5, 5.41) is 3.24. The first kappa shape index (κ1) is 24.2. The van der Waals surface area contributed by atoms with Crippen molar-refractivity contribution in [3.05, 3.63) is 58.2 Å². The van der Waals surface area contributed by atoms with Crippen LogP contribution in [0.2, 0.25) is 0 Å². The molecule has 1 heterocycles. The highest BCUT2D eigenvalue weighted by Gasteiger charge is 2.47. The van der Waals surface area contributed by atoms with Gasteiger partial charge in [0, 0.05) is 22.9 Å². The summed E-state index contributed by atoms with van der Waals surface area (Å²) in [5.41, 5.74) is 2.34. The number of benzene rings is 1. The van der Waals surface area contributed by atoms with Crippen molar-refractivity contribution in [1.82, 2.24) is 5.32 Å². The number of carbonyl (C=O) groups is 3. The zero-order valence-electron chi connectivity index (χ0n) is 20.0. The van der Waals surface area contributed by atoms with Gasteiger partial charge in [-0.25, -0.2) is 9.18 Å². The molecule has 0 saturated heterocycles. The molecule has 0 unspecified atom stereocenters. The first-order valence-corrected chi connectivity index (χ1v) is 12.1. The van der Waals surface area contributed by atoms with Gasteiger partial charge in [0.1, 0.15) is 17.8 Å². The molecule has 1 N–H and O–H groups in total. The molecule has 7 heteroatoms. The van der Waals surface area contributed by atoms with Crippen molar-refractivity contribution in [2.45, 2.75) is 70.8 Å². The van der Waals surface area contributed by atoms with E-state index in [-0.39, 0.29) is 12.0 Å². The number of ether oxygens (including phenoxy) is 2. The Morgan fingerprint density at radius 1 is 1.12 bits per heavy atom. The maximum absolute atomic E-state index is 14.3. The predicted octanol–water partition coefficient (Wildman–Crippen LogP) is 4.70. The maximum atomic E-state index is 14.3. The Kier molecular flexibility index (Phi) is 7.19. The molecule has 1 aromatic carbocycles. The highest BCUT2D eigenvalue weighted by atomic mass is 19.1. The number of ketones is 1. The van der Waals surface area contributed by atoms with E-state index in [0.717, 1.165) is 38.5 Å². The number of esters is 2. The van der Waals surface area contributed by atoms with Gasteiger partial charge in [-0.15, -0.1) is 0 Å². The molecule has 0 radical (unpaired) electrons. The Morgan fingerprint density at radius 2 is 1.82 bits per heavy atom. The van der Waals surface area contributed by atoms with Gasteiger partial charge in [0.25, 0.3) is 0 Å². The Bertz CT molecular complexity index is 1050. The molecular weight excluding hydrogens is 437 g/mol. The number of methoxy groups -OCH3 is 1. The van der Waals surface area contributed by atoms with E-state index in [1.54, 1.807) is 19.1 Å². The molecule has 0 spiro atoms. The van der Waals surface area contributed by atoms with Crippen molar-refractivity contribution < 1.29 is 28.2 Å². The quantitative estimate of drug-likeness (QED) is 0.391. The van der Waals surface area contributed by atoms with Crippen molar-refractivity contribution in [3.8, 4) is 0 Å². The predicted molar refractivity (Wildman–Crippen MR) is 124 cm³/mol. The molecule has 1 aromatic rings. The minimum atomic E-state index is -0.973. The van der Waals surface area contributed by atoms with Crippen molar-refractivity contribution in [1.29, 1.82) is 0 Å². The third kappa shape index (κ3) is 4.65. The molecule has 34 heavy (non-hydrogen) atoms. The normalized spacial score (nSPS) is 25.9. The third-order valence-corrected chi connectivity index (χ3v) is 7.22. The van der Waals surface area contributed by atoms with Crippen LogP contribution < -0.4 is 5.32 Å². The number of Topliss-reactive ketones (excluding diaryl/α,β-unsaturated/α-hetero) is 1. The molecule has 3 aliphatic rings. The van der Waals surface area contributed by atoms with E-state index in [4.69, 9.17) is 9.47 Å². The van der Waals surface area contributed by atoms with Crippen LogP contribution in [0.5, 0.6) is 0 Å². The molecule has 1 saturated carbocycles. The van der Waals surface area contributed by atoms with Crippen LogP contribution in [0.1, 0.15) is 70.3 Å². The highest BCUT2D eigenvalue weighted by molar-refractivity contribution is 6.12. The largest absolute Gasteiger partial charge is 0.468 e. The lowest BCUT2D eigenvalue weighted by Gasteiger charge is -2.38. The smallest absolute Gasteiger partial charge is 0.337 e. The fourth-order valence-electron chi connectivity index (χ4n) is 5.55. The fourth-order valence-corrected chi connectivity index (χ4v) is 5.55. The SMILES string of the molecule is COC(=O)[C@@H]1C(=O)C2=C(C[C@H]1C)NC(C)=C(C(=O)OC1CCCCCC1)[C@@H]2c1cccc(F)c1. The lowest BCUT2D eigenvalue weighted by Crippen LogP contribution is -2.43. The van der Waals surface area contributed by atoms with Gasteiger partial charge in [-0.3, -0.25) is 9.59 Å². The molecule has 182 valence electrons. The van der Waals surface area contributed by atoms with Crippen molar-refractivity contribution in [2.75, 3.05) is 7.11 Å². The summed E-state index contributed by atoms with van der Waals surface area (Å²) < 4.78 is 25.1. The second kappa shape index (κ2) is 10.1. The topological polar surface area (TPSA) is 81.7 Å². The summed E-state index contributed by atoms with van der Waals surface area (Å²) in [6.07, 6.45) is 6.15. The van der Waals surface area contributed by atoms with Crippen molar-refractivity contribution in [3.63, 3.8) is 0 Å². The monoisotopic (exact) mass is 469 g/mol. The van der Waals surface area contributed by atoms with E-state index >= 15 is 0 Å². The second-order valence-corrected chi connectivity index (χ2v) is 9.61. The number of hydrogen-bond donors (Lipinski definition) is 1. The maximum Gasteiger partial charge on any atom is 0.337 e. The van der Waals surface area contributed by atoms with E-state index in [0.29, 0.717) is 34.5 Å². The van der Waals surface area contributed by atoms with E-state index in [1.807, 2.05) is 6.92 Å². The van der Waals surface area contributed by atoms with Crippen LogP contribution >= 0.6 is 0 Å². The zero-order chi connectivity index (χ0) is 24.4. The highest BCUT2D eigenvalue weighted by Crippen LogP contribution is 2.45. The zero-order valence-corrected chi connectivity index (χ0v) is 20.0. The lowest BCUT2D eigenvalue weighted by atomic mass is 9.69. The van der Waals surface area contributed by atoms with Gasteiger partial charge in [-0.05, 0) is 62.6 Å². The number of halogens is 1. The minimum Gasteiger partial charge on any atom is -0.468 e. The summed E-state index contributed by atoms with van der Waals surface area (Å²) in [5.74, 6) is -4.03. The number of allylic oxidation sites excluding steroid dienone is 3. The van der Waals surface area contributed by atoms with Gasteiger partial charge in [0.15, 0.2) is 5.78 Å². The Morgan fingerprint density at radius 3 is 2.47 bits per heavy atom. The van der Waals surface area contributed by atoms with E-state index in [9.17, 15) is 18.8 Å². The standard InChI is InChI=1S/C27H32FNO5/c1-15-13-20-24(25(30)21(15)26(31)33-3)23(17-9-8-10-18(28)14-17)22(16(2)29-20)27(32)34-19-11-6-4-5-7-12-19/h8-10,14-15,19,21,23,29H,4-7,11-13H2,1-3H3/t15-,21+,23+/m1/s1. The van der Waals surface area contributed by atoms with Gasteiger partial charge >= 0.3 is 11.9 Å². The summed E-state index contributed by atoms with van der Waals surface area (Å²) in [4.78, 5) is 39.7. The molecule has 2 aliphatic carbocycles. The van der Waals surface area contributed by atoms with E-state index in [2.05, 4.69) is 5.32 Å². The molecular formula is C27H32FNO5. The summed E-state index contributed by atoms with van der Waals surface area (Å²) in [6, 6.07) is 5.92. The van der Waals surface area contributed by atoms with Gasteiger partial charge in [0.2, 0.25) is 0 Å². The number of carbonyl (C=O) groups excluding carboxylic acids is 3. The molecule has 6 nitrogen and oxygen atoms in total. The molecule has 4 rings (SSSR count). The minimum absolute atomic E-state index is 0.177. The first-order chi connectivity index (χ1) is 16.3. The molecule has 0 amide bonds. The van der Waals surface area contributed by atoms with Crippen LogP contribution in [0, 0.1) is 17.7 Å². The number of hydrogen-bond acceptors (Lipinski definition) is 6. The summed E-state index contributed by atoms with van der Waals surface area (Å²) >= 11 is 0. The van der Waals surface area contributed by atoms with Crippen molar-refractivity contribution >= 4 is 17.7 Å². The van der Waals surface area contributed by atoms with Crippen LogP contribution in [0.25, 0.3) is 0 Å². The average molecular weight is 470 g/mol. The van der Waals surface area contributed by atoms with Crippen LogP contribution in [-0.2, 0) is 23.9 Å². The average Bonchev–Trinajstić information content (AvgIpc) is 3.06. The number of dihydropyridines is 1. The summed E-state index contributed by atoms with van der Waals surface area (Å²) in [7, 11) is 1.26. The fraction of sp³-hybridized carbons (Fsp3) is 0.519. The lowest BCUT2D eigenvalue weighted by molar-refractivity contribution is -0.151. The Balaban J connectivity index is 1.77. The van der Waals surface area contributed by atoms with Gasteiger partial charge < -0.3 is 14.8 Å². The Labute approximate surface area is 199 Å².